The molecule has 0 spiro atoms. The Morgan fingerprint density at radius 2 is 2.05 bits per heavy atom. The first-order valence-electron chi connectivity index (χ1n) is 5.39. The normalized spacial score (nSPS) is 10.6. The number of phenolic OH excluding ortho intramolecular Hbond substituents is 1. The lowest BCUT2D eigenvalue weighted by atomic mass is 10.2. The fraction of sp³-hybridized carbons (Fsp3) is 0. The van der Waals surface area contributed by atoms with Gasteiger partial charge in [0, 0.05) is 16.9 Å². The monoisotopic (exact) mass is 319 g/mol. The highest BCUT2D eigenvalue weighted by Crippen LogP contribution is 2.21. The van der Waals surface area contributed by atoms with Crippen molar-refractivity contribution in [3.05, 3.63) is 58.3 Å². The van der Waals surface area contributed by atoms with Gasteiger partial charge in [-0.15, -0.1) is 0 Å². The van der Waals surface area contributed by atoms with Crippen molar-refractivity contribution in [1.82, 2.24) is 10.4 Å². The maximum Gasteiger partial charge on any atom is 0.275 e. The number of halogens is 1. The van der Waals surface area contributed by atoms with Crippen molar-refractivity contribution in [1.29, 1.82) is 0 Å². The molecular weight excluding hydrogens is 310 g/mol. The lowest BCUT2D eigenvalue weighted by Crippen LogP contribution is -2.17. The predicted octanol–water partition coefficient (Wildman–Crippen LogP) is 2.31. The molecule has 0 unspecified atom stereocenters. The summed E-state index contributed by atoms with van der Waals surface area (Å²) >= 11 is 3.23. The minimum atomic E-state index is -0.482. The lowest BCUT2D eigenvalue weighted by molar-refractivity contribution is 0.0952. The summed E-state index contributed by atoms with van der Waals surface area (Å²) in [6.07, 6.45) is 4.75. The van der Waals surface area contributed by atoms with Gasteiger partial charge in [-0.2, -0.15) is 5.10 Å². The van der Waals surface area contributed by atoms with Gasteiger partial charge in [-0.05, 0) is 35.9 Å². The first kappa shape index (κ1) is 13.2. The molecule has 0 aliphatic carbocycles. The van der Waals surface area contributed by atoms with Gasteiger partial charge in [0.25, 0.3) is 5.91 Å². The third-order valence-corrected chi connectivity index (χ3v) is 2.78. The Kier molecular flexibility index (Phi) is 4.25. The van der Waals surface area contributed by atoms with Crippen LogP contribution in [0.25, 0.3) is 0 Å². The van der Waals surface area contributed by atoms with Crippen LogP contribution >= 0.6 is 15.9 Å². The van der Waals surface area contributed by atoms with Gasteiger partial charge in [0.1, 0.15) is 5.75 Å². The van der Waals surface area contributed by atoms with Crippen LogP contribution in [0.15, 0.2) is 52.3 Å². The number of benzene rings is 1. The first-order valence-corrected chi connectivity index (χ1v) is 6.18. The Labute approximate surface area is 118 Å². The quantitative estimate of drug-likeness (QED) is 0.673. The Hall–Kier alpha value is -2.21. The lowest BCUT2D eigenvalue weighted by Gasteiger charge is -2.03. The number of phenols is 1. The number of carbonyl (C=O) groups excluding carboxylic acids is 1. The van der Waals surface area contributed by atoms with E-state index in [1.807, 2.05) is 0 Å². The van der Waals surface area contributed by atoms with E-state index in [2.05, 4.69) is 31.4 Å². The molecule has 1 aromatic heterocycles. The summed E-state index contributed by atoms with van der Waals surface area (Å²) in [7, 11) is 0. The third-order valence-electron chi connectivity index (χ3n) is 2.29. The molecule has 0 aliphatic rings. The molecule has 5 nitrogen and oxygen atoms in total. The Morgan fingerprint density at radius 3 is 2.79 bits per heavy atom. The molecule has 1 aromatic carbocycles. The van der Waals surface area contributed by atoms with Crippen LogP contribution in [0.4, 0.5) is 0 Å². The zero-order chi connectivity index (χ0) is 13.7. The molecule has 19 heavy (non-hydrogen) atoms. The summed E-state index contributed by atoms with van der Waals surface area (Å²) in [4.78, 5) is 15.7. The fourth-order valence-corrected chi connectivity index (χ4v) is 1.73. The van der Waals surface area contributed by atoms with Crippen LogP contribution in [-0.2, 0) is 0 Å². The maximum atomic E-state index is 11.8. The zero-order valence-electron chi connectivity index (χ0n) is 9.75. The Bertz CT molecular complexity index is 615. The largest absolute Gasteiger partial charge is 0.507 e. The highest BCUT2D eigenvalue weighted by molar-refractivity contribution is 9.10. The van der Waals surface area contributed by atoms with Crippen LogP contribution in [0, 0.1) is 0 Å². The van der Waals surface area contributed by atoms with E-state index in [0.717, 1.165) is 5.56 Å². The summed E-state index contributed by atoms with van der Waals surface area (Å²) in [6.45, 7) is 0. The first-order chi connectivity index (χ1) is 9.16. The van der Waals surface area contributed by atoms with E-state index in [0.29, 0.717) is 4.47 Å². The number of amides is 1. The second-order valence-corrected chi connectivity index (χ2v) is 4.56. The number of rotatable bonds is 3. The number of hydrogen-bond acceptors (Lipinski definition) is 4. The van der Waals surface area contributed by atoms with Gasteiger partial charge in [0.2, 0.25) is 0 Å². The Morgan fingerprint density at radius 1 is 1.32 bits per heavy atom. The second kappa shape index (κ2) is 6.10. The molecule has 0 aliphatic heterocycles. The van der Waals surface area contributed by atoms with Crippen molar-refractivity contribution in [3.63, 3.8) is 0 Å². The van der Waals surface area contributed by atoms with Crippen molar-refractivity contribution in [2.45, 2.75) is 0 Å². The molecule has 2 aromatic rings. The van der Waals surface area contributed by atoms with Crippen LogP contribution in [-0.4, -0.2) is 22.2 Å². The fourth-order valence-electron chi connectivity index (χ4n) is 1.37. The molecule has 0 bridgehead atoms. The van der Waals surface area contributed by atoms with E-state index in [-0.39, 0.29) is 11.3 Å². The van der Waals surface area contributed by atoms with Crippen LogP contribution in [0.5, 0.6) is 5.75 Å². The number of hydrazone groups is 1. The molecule has 2 rings (SSSR count). The van der Waals surface area contributed by atoms with Gasteiger partial charge in [0.05, 0.1) is 11.8 Å². The van der Waals surface area contributed by atoms with Gasteiger partial charge in [-0.3, -0.25) is 9.78 Å². The average Bonchev–Trinajstić information content (AvgIpc) is 2.42. The molecule has 6 heteroatoms. The number of hydrogen-bond donors (Lipinski definition) is 2. The average molecular weight is 320 g/mol. The SMILES string of the molecule is O=C(NN=Cc1ccncc1)c1cc(Br)ccc1O. The number of carbonyl (C=O) groups is 1. The van der Waals surface area contributed by atoms with Crippen LogP contribution in [0.3, 0.4) is 0 Å². The van der Waals surface area contributed by atoms with Gasteiger partial charge in [0.15, 0.2) is 0 Å². The topological polar surface area (TPSA) is 74.6 Å². The minimum Gasteiger partial charge on any atom is -0.507 e. The van der Waals surface area contributed by atoms with Crippen LogP contribution in [0.2, 0.25) is 0 Å². The molecule has 0 radical (unpaired) electrons. The van der Waals surface area contributed by atoms with Crippen molar-refractivity contribution in [2.75, 3.05) is 0 Å². The molecule has 0 atom stereocenters. The zero-order valence-corrected chi connectivity index (χ0v) is 11.3. The predicted molar refractivity (Wildman–Crippen MR) is 75.1 cm³/mol. The molecule has 0 fully saturated rings. The molecule has 2 N–H and O–H groups in total. The number of aromatic hydroxyl groups is 1. The number of nitrogens with one attached hydrogen (secondary N) is 1. The molecule has 0 saturated carbocycles. The highest BCUT2D eigenvalue weighted by atomic mass is 79.9. The molecule has 1 amide bonds. The van der Waals surface area contributed by atoms with Crippen molar-refractivity contribution in [2.24, 2.45) is 5.10 Å². The number of pyridine rings is 1. The molecular formula is C13H10BrN3O2. The molecule has 1 heterocycles. The van der Waals surface area contributed by atoms with E-state index in [1.165, 1.54) is 18.3 Å². The summed E-state index contributed by atoms with van der Waals surface area (Å²) in [5.41, 5.74) is 3.31. The van der Waals surface area contributed by atoms with E-state index < -0.39 is 5.91 Å². The van der Waals surface area contributed by atoms with Crippen LogP contribution in [0.1, 0.15) is 15.9 Å². The number of nitrogens with zero attached hydrogens (tertiary/aromatic N) is 2. The summed E-state index contributed by atoms with van der Waals surface area (Å²) in [5, 5.41) is 13.4. The standard InChI is InChI=1S/C13H10BrN3O2/c14-10-1-2-12(18)11(7-10)13(19)17-16-8-9-3-5-15-6-4-9/h1-8,18H,(H,17,19). The van der Waals surface area contributed by atoms with Crippen molar-refractivity contribution in [3.8, 4) is 5.75 Å². The number of aromatic nitrogens is 1. The van der Waals surface area contributed by atoms with E-state index in [9.17, 15) is 9.90 Å². The summed E-state index contributed by atoms with van der Waals surface area (Å²) in [6, 6.07) is 8.11. The van der Waals surface area contributed by atoms with Crippen molar-refractivity contribution < 1.29 is 9.90 Å². The van der Waals surface area contributed by atoms with E-state index in [1.54, 1.807) is 30.6 Å². The maximum absolute atomic E-state index is 11.8. The third kappa shape index (κ3) is 3.62. The summed E-state index contributed by atoms with van der Waals surface area (Å²) in [5.74, 6) is -0.580. The van der Waals surface area contributed by atoms with Gasteiger partial charge in [-0.25, -0.2) is 5.43 Å². The van der Waals surface area contributed by atoms with E-state index in [4.69, 9.17) is 0 Å². The van der Waals surface area contributed by atoms with Crippen LogP contribution < -0.4 is 5.43 Å². The van der Waals surface area contributed by atoms with Crippen molar-refractivity contribution >= 4 is 28.1 Å². The highest BCUT2D eigenvalue weighted by Gasteiger charge is 2.10. The molecule has 96 valence electrons. The van der Waals surface area contributed by atoms with E-state index >= 15 is 0 Å². The Balaban J connectivity index is 2.06. The van der Waals surface area contributed by atoms with Gasteiger partial charge in [-0.1, -0.05) is 15.9 Å². The van der Waals surface area contributed by atoms with Gasteiger partial charge < -0.3 is 5.11 Å². The smallest absolute Gasteiger partial charge is 0.275 e. The summed E-state index contributed by atoms with van der Waals surface area (Å²) < 4.78 is 0.702. The minimum absolute atomic E-state index is 0.0974. The van der Waals surface area contributed by atoms with Gasteiger partial charge >= 0.3 is 0 Å². The second-order valence-electron chi connectivity index (χ2n) is 3.64. The molecule has 0 saturated heterocycles.